The molecule has 0 amide bonds. The molecular weight excluding hydrogens is 629 g/mol. The van der Waals surface area contributed by atoms with E-state index in [1.165, 1.54) is 59.8 Å². The van der Waals surface area contributed by atoms with Crippen LogP contribution in [0.15, 0.2) is 194 Å². The van der Waals surface area contributed by atoms with Crippen molar-refractivity contribution >= 4 is 43.1 Å². The zero-order chi connectivity index (χ0) is 34.4. The van der Waals surface area contributed by atoms with Crippen LogP contribution in [0.5, 0.6) is 0 Å². The van der Waals surface area contributed by atoms with Gasteiger partial charge in [-0.2, -0.15) is 0 Å². The second kappa shape index (κ2) is 12.5. The van der Waals surface area contributed by atoms with E-state index in [0.717, 1.165) is 33.6 Å². The van der Waals surface area contributed by atoms with Gasteiger partial charge in [0.15, 0.2) is 5.82 Å². The van der Waals surface area contributed by atoms with Crippen molar-refractivity contribution in [1.82, 2.24) is 9.97 Å². The van der Waals surface area contributed by atoms with Gasteiger partial charge in [0, 0.05) is 22.1 Å². The molecule has 9 aromatic carbocycles. The van der Waals surface area contributed by atoms with Crippen molar-refractivity contribution in [2.45, 2.75) is 0 Å². The van der Waals surface area contributed by atoms with E-state index < -0.39 is 0 Å². The van der Waals surface area contributed by atoms with E-state index in [1.54, 1.807) is 0 Å². The molecule has 0 aliphatic rings. The summed E-state index contributed by atoms with van der Waals surface area (Å²) in [5, 5.41) is 9.64. The Morgan fingerprint density at radius 2 is 0.827 bits per heavy atom. The Kier molecular flexibility index (Phi) is 7.18. The third-order valence-electron chi connectivity index (χ3n) is 10.2. The number of rotatable bonds is 5. The lowest BCUT2D eigenvalue weighted by molar-refractivity contribution is 1.19. The number of hydrogen-bond donors (Lipinski definition) is 0. The molecule has 0 spiro atoms. The highest BCUT2D eigenvalue weighted by Gasteiger charge is 2.21. The summed E-state index contributed by atoms with van der Waals surface area (Å²) in [4.78, 5) is 10.7. The van der Waals surface area contributed by atoms with Crippen molar-refractivity contribution in [2.24, 2.45) is 0 Å². The third kappa shape index (κ3) is 5.12. The summed E-state index contributed by atoms with van der Waals surface area (Å²) >= 11 is 0. The molecule has 0 saturated heterocycles. The fraction of sp³-hybridized carbons (Fsp3) is 0. The van der Waals surface area contributed by atoms with Crippen LogP contribution >= 0.6 is 0 Å². The first-order valence-corrected chi connectivity index (χ1v) is 17.7. The number of aromatic nitrogens is 2. The highest BCUT2D eigenvalue weighted by Crippen LogP contribution is 2.46. The fourth-order valence-corrected chi connectivity index (χ4v) is 7.80. The van der Waals surface area contributed by atoms with Gasteiger partial charge >= 0.3 is 0 Å². The molecule has 52 heavy (non-hydrogen) atoms. The van der Waals surface area contributed by atoms with Gasteiger partial charge in [-0.15, -0.1) is 0 Å². The molecule has 0 unspecified atom stereocenters. The van der Waals surface area contributed by atoms with Crippen molar-refractivity contribution < 1.29 is 0 Å². The molecule has 242 valence electrons. The molecule has 2 nitrogen and oxygen atoms in total. The van der Waals surface area contributed by atoms with Gasteiger partial charge in [0.1, 0.15) is 0 Å². The van der Waals surface area contributed by atoms with Gasteiger partial charge in [-0.3, -0.25) is 0 Å². The van der Waals surface area contributed by atoms with Gasteiger partial charge in [0.25, 0.3) is 0 Å². The van der Waals surface area contributed by atoms with Gasteiger partial charge in [-0.05, 0) is 78.2 Å². The predicted octanol–water partition coefficient (Wildman–Crippen LogP) is 13.4. The van der Waals surface area contributed by atoms with E-state index in [9.17, 15) is 0 Å². The molecule has 0 N–H and O–H groups in total. The summed E-state index contributed by atoms with van der Waals surface area (Å²) in [5.41, 5.74) is 9.70. The Labute approximate surface area is 302 Å². The molecule has 0 atom stereocenters. The van der Waals surface area contributed by atoms with Crippen LogP contribution < -0.4 is 0 Å². The van der Waals surface area contributed by atoms with E-state index in [2.05, 4.69) is 188 Å². The van der Waals surface area contributed by atoms with Gasteiger partial charge < -0.3 is 0 Å². The average Bonchev–Trinajstić information content (AvgIpc) is 3.23. The minimum absolute atomic E-state index is 0.703. The summed E-state index contributed by atoms with van der Waals surface area (Å²) in [6.07, 6.45) is 0. The molecule has 2 heteroatoms. The maximum Gasteiger partial charge on any atom is 0.160 e. The van der Waals surface area contributed by atoms with Gasteiger partial charge in [-0.1, -0.05) is 176 Å². The Balaban J connectivity index is 1.28. The molecule has 10 rings (SSSR count). The van der Waals surface area contributed by atoms with Crippen LogP contribution in [-0.2, 0) is 0 Å². The zero-order valence-electron chi connectivity index (χ0n) is 28.4. The topological polar surface area (TPSA) is 25.8 Å². The lowest BCUT2D eigenvalue weighted by atomic mass is 9.85. The normalized spacial score (nSPS) is 11.5. The zero-order valence-corrected chi connectivity index (χ0v) is 28.4. The minimum Gasteiger partial charge on any atom is -0.228 e. The number of benzene rings is 9. The summed E-state index contributed by atoms with van der Waals surface area (Å²) in [6.45, 7) is 0. The van der Waals surface area contributed by atoms with Crippen molar-refractivity contribution in [3.63, 3.8) is 0 Å². The Bertz CT molecular complexity index is 2950. The number of fused-ring (bicyclic) bond motifs is 5. The van der Waals surface area contributed by atoms with Gasteiger partial charge in [0.2, 0.25) is 0 Å². The first-order valence-electron chi connectivity index (χ1n) is 17.7. The molecule has 0 radical (unpaired) electrons. The molecular formula is C50H32N2. The second-order valence-electron chi connectivity index (χ2n) is 13.3. The molecule has 0 bridgehead atoms. The van der Waals surface area contributed by atoms with Gasteiger partial charge in [-0.25, -0.2) is 9.97 Å². The van der Waals surface area contributed by atoms with Crippen molar-refractivity contribution in [1.29, 1.82) is 0 Å². The van der Waals surface area contributed by atoms with Crippen molar-refractivity contribution in [3.05, 3.63) is 194 Å². The van der Waals surface area contributed by atoms with Crippen molar-refractivity contribution in [2.75, 3.05) is 0 Å². The van der Waals surface area contributed by atoms with E-state index in [0.29, 0.717) is 5.82 Å². The van der Waals surface area contributed by atoms with Crippen LogP contribution in [0.4, 0.5) is 0 Å². The maximum atomic E-state index is 5.41. The van der Waals surface area contributed by atoms with Crippen LogP contribution in [0, 0.1) is 0 Å². The highest BCUT2D eigenvalue weighted by atomic mass is 14.9. The monoisotopic (exact) mass is 660 g/mol. The summed E-state index contributed by atoms with van der Waals surface area (Å²) in [5.74, 6) is 0.703. The summed E-state index contributed by atoms with van der Waals surface area (Å²) in [7, 11) is 0. The van der Waals surface area contributed by atoms with E-state index in [4.69, 9.17) is 9.97 Å². The van der Waals surface area contributed by atoms with Crippen LogP contribution in [-0.4, -0.2) is 9.97 Å². The lowest BCUT2D eigenvalue weighted by Crippen LogP contribution is -1.98. The second-order valence-corrected chi connectivity index (χ2v) is 13.3. The largest absolute Gasteiger partial charge is 0.228 e. The molecule has 0 saturated carbocycles. The van der Waals surface area contributed by atoms with Crippen LogP contribution in [0.3, 0.4) is 0 Å². The molecule has 0 aliphatic carbocycles. The molecule has 10 aromatic rings. The maximum absolute atomic E-state index is 5.41. The van der Waals surface area contributed by atoms with Crippen LogP contribution in [0.2, 0.25) is 0 Å². The molecule has 1 heterocycles. The molecule has 0 fully saturated rings. The number of nitrogens with zero attached hydrogens (tertiary/aromatic N) is 2. The first kappa shape index (κ1) is 30.0. The Morgan fingerprint density at radius 3 is 1.62 bits per heavy atom. The third-order valence-corrected chi connectivity index (χ3v) is 10.2. The van der Waals surface area contributed by atoms with Gasteiger partial charge in [0.05, 0.1) is 11.4 Å². The minimum atomic E-state index is 0.703. The van der Waals surface area contributed by atoms with E-state index in [-0.39, 0.29) is 0 Å². The average molecular weight is 661 g/mol. The quantitative estimate of drug-likeness (QED) is 0.136. The lowest BCUT2D eigenvalue weighted by Gasteiger charge is -2.19. The van der Waals surface area contributed by atoms with Crippen LogP contribution in [0.1, 0.15) is 0 Å². The van der Waals surface area contributed by atoms with E-state index >= 15 is 0 Å². The highest BCUT2D eigenvalue weighted by molar-refractivity contribution is 6.27. The number of hydrogen-bond acceptors (Lipinski definition) is 2. The first-order chi connectivity index (χ1) is 25.8. The Hall–Kier alpha value is -6.90. The smallest absolute Gasteiger partial charge is 0.160 e. The van der Waals surface area contributed by atoms with E-state index in [1.807, 2.05) is 6.07 Å². The molecule has 1 aromatic heterocycles. The predicted molar refractivity (Wildman–Crippen MR) is 219 cm³/mol. The SMILES string of the molecule is c1ccc(-c2nc(-c3cccc(-c4ccc5ccccc5c4)c3)cc(-c3c4ccccc4c(-c4ccccc4)c4ccc5ccccc5c34)n2)cc1. The molecule has 0 aliphatic heterocycles. The summed E-state index contributed by atoms with van der Waals surface area (Å²) in [6, 6.07) is 69.3. The standard InChI is InChI=1S/C50H32N2/c1-3-16-35(17-4-1)47-42-24-11-12-25-43(42)49(48-41-23-10-9-15-34(41)28-29-44(47)48)46-32-45(51-50(52-46)36-18-5-2-6-19-36)40-22-13-21-38(31-40)39-27-26-33-14-7-8-20-37(33)30-39/h1-32H. The summed E-state index contributed by atoms with van der Waals surface area (Å²) < 4.78 is 0. The van der Waals surface area contributed by atoms with Crippen LogP contribution in [0.25, 0.3) is 99.2 Å². The fourth-order valence-electron chi connectivity index (χ4n) is 7.80. The van der Waals surface area contributed by atoms with Crippen molar-refractivity contribution in [3.8, 4) is 56.2 Å². The Morgan fingerprint density at radius 1 is 0.269 bits per heavy atom.